The van der Waals surface area contributed by atoms with Crippen molar-refractivity contribution in [1.29, 1.82) is 5.26 Å². The fraction of sp³-hybridized carbons (Fsp3) is 0.500. The summed E-state index contributed by atoms with van der Waals surface area (Å²) in [7, 11) is 4.02. The molecule has 0 aliphatic carbocycles. The van der Waals surface area contributed by atoms with E-state index in [1.807, 2.05) is 20.2 Å². The van der Waals surface area contributed by atoms with Crippen LogP contribution in [0.4, 0.5) is 4.39 Å². The summed E-state index contributed by atoms with van der Waals surface area (Å²) in [5.74, 6) is -0.421. The van der Waals surface area contributed by atoms with E-state index in [2.05, 4.69) is 24.1 Å². The van der Waals surface area contributed by atoms with Crippen molar-refractivity contribution in [3.8, 4) is 6.07 Å². The number of rotatable bonds is 5. The van der Waals surface area contributed by atoms with Crippen molar-refractivity contribution in [2.24, 2.45) is 0 Å². The van der Waals surface area contributed by atoms with Crippen LogP contribution >= 0.6 is 0 Å². The molecule has 0 heterocycles. The van der Waals surface area contributed by atoms with Crippen molar-refractivity contribution in [2.45, 2.75) is 25.9 Å². The Labute approximate surface area is 108 Å². The molecular formula is C14H20FN3. The van der Waals surface area contributed by atoms with Gasteiger partial charge >= 0.3 is 0 Å². The number of nitrogens with one attached hydrogen (secondary N) is 1. The van der Waals surface area contributed by atoms with Crippen LogP contribution in [0, 0.1) is 17.1 Å². The van der Waals surface area contributed by atoms with Crippen LogP contribution in [0.3, 0.4) is 0 Å². The van der Waals surface area contributed by atoms with E-state index in [0.29, 0.717) is 12.1 Å². The Morgan fingerprint density at radius 2 is 2.06 bits per heavy atom. The van der Waals surface area contributed by atoms with Gasteiger partial charge in [-0.2, -0.15) is 5.26 Å². The Balaban J connectivity index is 2.63. The first-order chi connectivity index (χ1) is 8.38. The smallest absolute Gasteiger partial charge is 0.145 e. The van der Waals surface area contributed by atoms with Gasteiger partial charge in [0.15, 0.2) is 0 Å². The Hall–Kier alpha value is -1.44. The first kappa shape index (κ1) is 14.6. The van der Waals surface area contributed by atoms with Gasteiger partial charge in [-0.05, 0) is 34.0 Å². The maximum absolute atomic E-state index is 13.8. The van der Waals surface area contributed by atoms with Crippen LogP contribution in [0.25, 0.3) is 0 Å². The molecule has 0 spiro atoms. The fourth-order valence-corrected chi connectivity index (χ4v) is 1.46. The highest BCUT2D eigenvalue weighted by Gasteiger charge is 2.19. The second kappa shape index (κ2) is 5.94. The first-order valence-corrected chi connectivity index (χ1v) is 5.94. The van der Waals surface area contributed by atoms with Crippen LogP contribution in [0.2, 0.25) is 0 Å². The summed E-state index contributed by atoms with van der Waals surface area (Å²) in [6.07, 6.45) is 0. The van der Waals surface area contributed by atoms with Crippen LogP contribution in [0.1, 0.15) is 25.0 Å². The summed E-state index contributed by atoms with van der Waals surface area (Å²) in [4.78, 5) is 2.11. The SMILES string of the molecule is CN(C)C(C)(C)CNCc1cccc(C#N)c1F. The summed E-state index contributed by atoms with van der Waals surface area (Å²) in [6, 6.07) is 6.74. The van der Waals surface area contributed by atoms with Gasteiger partial charge in [0.2, 0.25) is 0 Å². The lowest BCUT2D eigenvalue weighted by Gasteiger charge is -2.32. The monoisotopic (exact) mass is 249 g/mol. The molecule has 0 amide bonds. The highest BCUT2D eigenvalue weighted by Crippen LogP contribution is 2.13. The lowest BCUT2D eigenvalue weighted by molar-refractivity contribution is 0.189. The molecule has 0 aromatic heterocycles. The van der Waals surface area contributed by atoms with Crippen LogP contribution in [0.15, 0.2) is 18.2 Å². The largest absolute Gasteiger partial charge is 0.311 e. The highest BCUT2D eigenvalue weighted by molar-refractivity contribution is 5.34. The molecule has 98 valence electrons. The molecule has 3 nitrogen and oxygen atoms in total. The first-order valence-electron chi connectivity index (χ1n) is 5.94. The van der Waals surface area contributed by atoms with E-state index in [1.165, 1.54) is 6.07 Å². The highest BCUT2D eigenvalue weighted by atomic mass is 19.1. The zero-order valence-corrected chi connectivity index (χ0v) is 11.4. The quantitative estimate of drug-likeness (QED) is 0.869. The van der Waals surface area contributed by atoms with Gasteiger partial charge in [-0.25, -0.2) is 4.39 Å². The second-order valence-corrected chi connectivity index (χ2v) is 5.20. The minimum absolute atomic E-state index is 0.00329. The predicted octanol–water partition coefficient (Wildman–Crippen LogP) is 2.13. The van der Waals surface area contributed by atoms with Crippen molar-refractivity contribution in [2.75, 3.05) is 20.6 Å². The molecule has 1 aromatic carbocycles. The molecule has 0 saturated carbocycles. The Morgan fingerprint density at radius 1 is 1.39 bits per heavy atom. The van der Waals surface area contributed by atoms with Gasteiger partial charge in [0.1, 0.15) is 11.9 Å². The number of halogens is 1. The van der Waals surface area contributed by atoms with Crippen molar-refractivity contribution in [3.05, 3.63) is 35.1 Å². The summed E-state index contributed by atoms with van der Waals surface area (Å²) in [5.41, 5.74) is 0.633. The molecule has 1 aromatic rings. The number of nitrogens with zero attached hydrogens (tertiary/aromatic N) is 2. The molecule has 0 bridgehead atoms. The van der Waals surface area contributed by atoms with E-state index in [1.54, 1.807) is 12.1 Å². The molecule has 0 aliphatic rings. The maximum atomic E-state index is 13.8. The Kier molecular flexibility index (Phi) is 4.83. The normalized spacial score (nSPS) is 11.6. The summed E-state index contributed by atoms with van der Waals surface area (Å²) in [6.45, 7) is 5.40. The van der Waals surface area contributed by atoms with Crippen molar-refractivity contribution < 1.29 is 4.39 Å². The van der Waals surface area contributed by atoms with Gasteiger partial charge in [-0.1, -0.05) is 12.1 Å². The number of hydrogen-bond donors (Lipinski definition) is 1. The lowest BCUT2D eigenvalue weighted by Crippen LogP contribution is -2.46. The van der Waals surface area contributed by atoms with Crippen LogP contribution in [-0.4, -0.2) is 31.1 Å². The third-order valence-electron chi connectivity index (χ3n) is 3.28. The van der Waals surface area contributed by atoms with Crippen LogP contribution < -0.4 is 5.32 Å². The van der Waals surface area contributed by atoms with Gasteiger partial charge in [0.25, 0.3) is 0 Å². The lowest BCUT2D eigenvalue weighted by atomic mass is 10.0. The third kappa shape index (κ3) is 3.52. The van der Waals surface area contributed by atoms with E-state index in [9.17, 15) is 4.39 Å². The van der Waals surface area contributed by atoms with E-state index in [4.69, 9.17) is 5.26 Å². The fourth-order valence-electron chi connectivity index (χ4n) is 1.46. The van der Waals surface area contributed by atoms with Crippen molar-refractivity contribution in [3.63, 3.8) is 0 Å². The van der Waals surface area contributed by atoms with Crippen molar-refractivity contribution >= 4 is 0 Å². The van der Waals surface area contributed by atoms with Crippen LogP contribution in [0.5, 0.6) is 0 Å². The average Bonchev–Trinajstić information content (AvgIpc) is 2.31. The van der Waals surface area contributed by atoms with Crippen LogP contribution in [-0.2, 0) is 6.54 Å². The second-order valence-electron chi connectivity index (χ2n) is 5.20. The molecule has 0 radical (unpaired) electrons. The number of nitriles is 1. The average molecular weight is 249 g/mol. The predicted molar refractivity (Wildman–Crippen MR) is 70.6 cm³/mol. The molecule has 0 unspecified atom stereocenters. The van der Waals surface area contributed by atoms with Gasteiger partial charge in [0, 0.05) is 24.2 Å². The number of likely N-dealkylation sites (N-methyl/N-ethyl adjacent to an activating group) is 1. The minimum atomic E-state index is -0.421. The molecular weight excluding hydrogens is 229 g/mol. The van der Waals surface area contributed by atoms with Gasteiger partial charge in [-0.15, -0.1) is 0 Å². The van der Waals surface area contributed by atoms with Gasteiger partial charge < -0.3 is 10.2 Å². The van der Waals surface area contributed by atoms with E-state index < -0.39 is 5.82 Å². The Bertz CT molecular complexity index is 447. The zero-order valence-electron chi connectivity index (χ0n) is 11.4. The third-order valence-corrected chi connectivity index (χ3v) is 3.28. The summed E-state index contributed by atoms with van der Waals surface area (Å²) < 4.78 is 13.8. The summed E-state index contributed by atoms with van der Waals surface area (Å²) >= 11 is 0. The van der Waals surface area contributed by atoms with E-state index >= 15 is 0 Å². The molecule has 18 heavy (non-hydrogen) atoms. The molecule has 0 atom stereocenters. The molecule has 1 N–H and O–H groups in total. The number of benzene rings is 1. The molecule has 1 rings (SSSR count). The maximum Gasteiger partial charge on any atom is 0.145 e. The molecule has 0 fully saturated rings. The molecule has 0 saturated heterocycles. The zero-order chi connectivity index (χ0) is 13.8. The van der Waals surface area contributed by atoms with Crippen molar-refractivity contribution in [1.82, 2.24) is 10.2 Å². The summed E-state index contributed by atoms with van der Waals surface area (Å²) in [5, 5.41) is 12.0. The minimum Gasteiger partial charge on any atom is -0.311 e. The Morgan fingerprint density at radius 3 is 2.61 bits per heavy atom. The number of hydrogen-bond acceptors (Lipinski definition) is 3. The standard InChI is InChI=1S/C14H20FN3/c1-14(2,18(3)4)10-17-9-12-7-5-6-11(8-16)13(12)15/h5-7,17H,9-10H2,1-4H3. The molecule has 4 heteroatoms. The van der Waals surface area contributed by atoms with Gasteiger partial charge in [0.05, 0.1) is 5.56 Å². The van der Waals surface area contributed by atoms with E-state index in [-0.39, 0.29) is 11.1 Å². The topological polar surface area (TPSA) is 39.1 Å². The van der Waals surface area contributed by atoms with E-state index in [0.717, 1.165) is 6.54 Å². The molecule has 0 aliphatic heterocycles. The van der Waals surface area contributed by atoms with Gasteiger partial charge in [-0.3, -0.25) is 0 Å².